The Morgan fingerprint density at radius 2 is 1.63 bits per heavy atom. The monoisotopic (exact) mass is 400 g/mol. The van der Waals surface area contributed by atoms with Gasteiger partial charge in [-0.05, 0) is 23.6 Å². The van der Waals surface area contributed by atoms with Crippen LogP contribution in [0, 0.1) is 0 Å². The number of nitrogens with zero attached hydrogens (tertiary/aromatic N) is 2. The van der Waals surface area contributed by atoms with Crippen LogP contribution in [0.5, 0.6) is 0 Å². The Bertz CT molecular complexity index is 1260. The SMILES string of the molecule is Cn1nc(-c2ccc(NC(=O)Nc3cccc4ccccc34)cc2)c(C(N)=O)c1N. The topological polar surface area (TPSA) is 128 Å². The molecule has 0 radical (unpaired) electrons. The molecule has 30 heavy (non-hydrogen) atoms. The van der Waals surface area contributed by atoms with E-state index in [-0.39, 0.29) is 17.4 Å². The number of amides is 3. The number of hydrogen-bond acceptors (Lipinski definition) is 4. The van der Waals surface area contributed by atoms with Gasteiger partial charge in [0.15, 0.2) is 0 Å². The number of aromatic nitrogens is 2. The summed E-state index contributed by atoms with van der Waals surface area (Å²) in [5.41, 5.74) is 13.9. The zero-order valence-corrected chi connectivity index (χ0v) is 16.2. The van der Waals surface area contributed by atoms with E-state index in [4.69, 9.17) is 11.5 Å². The summed E-state index contributed by atoms with van der Waals surface area (Å²) in [5, 5.41) is 11.9. The Morgan fingerprint density at radius 1 is 0.933 bits per heavy atom. The van der Waals surface area contributed by atoms with Gasteiger partial charge in [-0.1, -0.05) is 48.5 Å². The number of hydrogen-bond donors (Lipinski definition) is 4. The Labute approximate surface area is 172 Å². The van der Waals surface area contributed by atoms with Gasteiger partial charge in [-0.3, -0.25) is 9.48 Å². The first-order valence-electron chi connectivity index (χ1n) is 9.22. The fourth-order valence-corrected chi connectivity index (χ4v) is 3.31. The van der Waals surface area contributed by atoms with Gasteiger partial charge in [0.25, 0.3) is 5.91 Å². The summed E-state index contributed by atoms with van der Waals surface area (Å²) in [6, 6.07) is 20.1. The van der Waals surface area contributed by atoms with Gasteiger partial charge < -0.3 is 22.1 Å². The number of carbonyl (C=O) groups is 2. The summed E-state index contributed by atoms with van der Waals surface area (Å²) in [6.45, 7) is 0. The molecule has 0 aliphatic heterocycles. The van der Waals surface area contributed by atoms with E-state index in [1.165, 1.54) is 4.68 Å². The molecule has 8 nitrogen and oxygen atoms in total. The van der Waals surface area contributed by atoms with Crippen molar-refractivity contribution in [3.05, 3.63) is 72.3 Å². The van der Waals surface area contributed by atoms with Crippen LogP contribution in [-0.4, -0.2) is 21.7 Å². The molecule has 0 fully saturated rings. The Kier molecular flexibility index (Phi) is 4.81. The molecule has 1 heterocycles. The molecule has 0 unspecified atom stereocenters. The molecule has 1 aromatic heterocycles. The standard InChI is InChI=1S/C22H20N6O2/c1-28-20(23)18(21(24)29)19(27-28)14-9-11-15(12-10-14)25-22(30)26-17-8-4-6-13-5-2-3-7-16(13)17/h2-12H,23H2,1H3,(H2,24,29)(H2,25,26,30). The zero-order chi connectivity index (χ0) is 21.3. The van der Waals surface area contributed by atoms with E-state index >= 15 is 0 Å². The number of rotatable bonds is 4. The van der Waals surface area contributed by atoms with Crippen LogP contribution < -0.4 is 22.1 Å². The molecule has 8 heteroatoms. The lowest BCUT2D eigenvalue weighted by Gasteiger charge is -2.10. The third kappa shape index (κ3) is 3.53. The maximum absolute atomic E-state index is 12.5. The number of aryl methyl sites for hydroxylation is 1. The normalized spacial score (nSPS) is 10.7. The Morgan fingerprint density at radius 3 is 2.37 bits per heavy atom. The maximum atomic E-state index is 12.5. The van der Waals surface area contributed by atoms with Gasteiger partial charge in [-0.2, -0.15) is 5.10 Å². The highest BCUT2D eigenvalue weighted by atomic mass is 16.2. The number of nitrogens with one attached hydrogen (secondary N) is 2. The molecule has 4 aromatic rings. The van der Waals surface area contributed by atoms with E-state index in [0.717, 1.165) is 16.5 Å². The first-order valence-corrected chi connectivity index (χ1v) is 9.22. The summed E-state index contributed by atoms with van der Waals surface area (Å²) in [4.78, 5) is 24.2. The number of nitrogen functional groups attached to an aromatic ring is 1. The largest absolute Gasteiger partial charge is 0.383 e. The Hall–Kier alpha value is -4.33. The smallest absolute Gasteiger partial charge is 0.323 e. The van der Waals surface area contributed by atoms with E-state index in [2.05, 4.69) is 15.7 Å². The second kappa shape index (κ2) is 7.59. The van der Waals surface area contributed by atoms with Crippen molar-refractivity contribution in [1.29, 1.82) is 0 Å². The van der Waals surface area contributed by atoms with Crippen LogP contribution in [-0.2, 0) is 7.05 Å². The van der Waals surface area contributed by atoms with Crippen LogP contribution in [0.25, 0.3) is 22.0 Å². The highest BCUT2D eigenvalue weighted by Gasteiger charge is 2.20. The molecule has 0 saturated carbocycles. The van der Waals surface area contributed by atoms with Crippen LogP contribution >= 0.6 is 0 Å². The number of primary amides is 1. The van der Waals surface area contributed by atoms with Crippen LogP contribution in [0.2, 0.25) is 0 Å². The lowest BCUT2D eigenvalue weighted by atomic mass is 10.1. The summed E-state index contributed by atoms with van der Waals surface area (Å²) < 4.78 is 1.40. The molecule has 6 N–H and O–H groups in total. The third-order valence-corrected chi connectivity index (χ3v) is 4.79. The lowest BCUT2D eigenvalue weighted by Crippen LogP contribution is -2.19. The van der Waals surface area contributed by atoms with Gasteiger partial charge in [-0.25, -0.2) is 4.79 Å². The van der Waals surface area contributed by atoms with Gasteiger partial charge in [0.05, 0.1) is 5.69 Å². The van der Waals surface area contributed by atoms with Gasteiger partial charge in [-0.15, -0.1) is 0 Å². The van der Waals surface area contributed by atoms with Gasteiger partial charge in [0.1, 0.15) is 17.1 Å². The Balaban J connectivity index is 1.52. The highest BCUT2D eigenvalue weighted by molar-refractivity contribution is 6.06. The minimum absolute atomic E-state index is 0.173. The summed E-state index contributed by atoms with van der Waals surface area (Å²) in [6.07, 6.45) is 0. The molecule has 0 spiro atoms. The number of carbonyl (C=O) groups excluding carboxylic acids is 2. The second-order valence-electron chi connectivity index (χ2n) is 6.78. The minimum atomic E-state index is -0.646. The predicted octanol–water partition coefficient (Wildman–Crippen LogP) is 3.57. The van der Waals surface area contributed by atoms with Crippen LogP contribution in [0.4, 0.5) is 22.0 Å². The zero-order valence-electron chi connectivity index (χ0n) is 16.2. The van der Waals surface area contributed by atoms with Crippen molar-refractivity contribution in [2.75, 3.05) is 16.4 Å². The fourth-order valence-electron chi connectivity index (χ4n) is 3.31. The lowest BCUT2D eigenvalue weighted by molar-refractivity contribution is 0.100. The number of nitrogens with two attached hydrogens (primary N) is 2. The van der Waals surface area contributed by atoms with E-state index in [1.807, 2.05) is 42.5 Å². The molecule has 0 aliphatic rings. The summed E-state index contributed by atoms with van der Waals surface area (Å²) >= 11 is 0. The molecule has 3 amide bonds. The van der Waals surface area contributed by atoms with Crippen molar-refractivity contribution in [1.82, 2.24) is 9.78 Å². The second-order valence-corrected chi connectivity index (χ2v) is 6.78. The van der Waals surface area contributed by atoms with Gasteiger partial charge >= 0.3 is 6.03 Å². The minimum Gasteiger partial charge on any atom is -0.383 e. The molecule has 0 atom stereocenters. The van der Waals surface area contributed by atoms with E-state index in [9.17, 15) is 9.59 Å². The van der Waals surface area contributed by atoms with Crippen LogP contribution in [0.15, 0.2) is 66.7 Å². The number of urea groups is 1. The molecule has 0 bridgehead atoms. The first-order chi connectivity index (χ1) is 14.4. The van der Waals surface area contributed by atoms with Gasteiger partial charge in [0, 0.05) is 23.7 Å². The maximum Gasteiger partial charge on any atom is 0.323 e. The number of anilines is 3. The van der Waals surface area contributed by atoms with Crippen molar-refractivity contribution in [2.45, 2.75) is 0 Å². The van der Waals surface area contributed by atoms with Crippen molar-refractivity contribution >= 4 is 39.9 Å². The predicted molar refractivity (Wildman–Crippen MR) is 118 cm³/mol. The molecule has 3 aromatic carbocycles. The van der Waals surface area contributed by atoms with E-state index in [0.29, 0.717) is 16.9 Å². The van der Waals surface area contributed by atoms with Crippen molar-refractivity contribution in [3.63, 3.8) is 0 Å². The fraction of sp³-hybridized carbons (Fsp3) is 0.0455. The average Bonchev–Trinajstić information content (AvgIpc) is 3.03. The van der Waals surface area contributed by atoms with Crippen LogP contribution in [0.3, 0.4) is 0 Å². The van der Waals surface area contributed by atoms with Crippen molar-refractivity contribution < 1.29 is 9.59 Å². The molecule has 150 valence electrons. The average molecular weight is 400 g/mol. The molecular weight excluding hydrogens is 380 g/mol. The van der Waals surface area contributed by atoms with E-state index < -0.39 is 5.91 Å². The van der Waals surface area contributed by atoms with E-state index in [1.54, 1.807) is 31.3 Å². The van der Waals surface area contributed by atoms with Crippen LogP contribution in [0.1, 0.15) is 10.4 Å². The molecule has 0 saturated heterocycles. The third-order valence-electron chi connectivity index (χ3n) is 4.79. The quantitative estimate of drug-likeness (QED) is 0.417. The molecule has 4 rings (SSSR count). The number of fused-ring (bicyclic) bond motifs is 1. The molecule has 0 aliphatic carbocycles. The first kappa shape index (κ1) is 19.0. The summed E-state index contributed by atoms with van der Waals surface area (Å²) in [7, 11) is 1.64. The highest BCUT2D eigenvalue weighted by Crippen LogP contribution is 2.28. The van der Waals surface area contributed by atoms with Crippen molar-refractivity contribution in [3.8, 4) is 11.3 Å². The number of benzene rings is 3. The summed E-state index contributed by atoms with van der Waals surface area (Å²) in [5.74, 6) is -0.443. The molecular formula is C22H20N6O2. The van der Waals surface area contributed by atoms with Gasteiger partial charge in [0.2, 0.25) is 0 Å². The van der Waals surface area contributed by atoms with Crippen molar-refractivity contribution in [2.24, 2.45) is 12.8 Å².